The zero-order valence-corrected chi connectivity index (χ0v) is 7.27. The Morgan fingerprint density at radius 1 is 1.40 bits per heavy atom. The molecular formula is C9H19N. The largest absolute Gasteiger partial charge is 0.306 e. The van der Waals surface area contributed by atoms with Crippen molar-refractivity contribution in [3.05, 3.63) is 0 Å². The first kappa shape index (κ1) is 8.06. The van der Waals surface area contributed by atoms with Crippen LogP contribution in [0, 0.1) is 5.92 Å². The lowest BCUT2D eigenvalue weighted by Crippen LogP contribution is -2.23. The van der Waals surface area contributed by atoms with E-state index in [1.54, 1.807) is 0 Å². The smallest absolute Gasteiger partial charge is 0.000650 e. The van der Waals surface area contributed by atoms with Crippen LogP contribution in [0.4, 0.5) is 0 Å². The molecule has 1 atom stereocenters. The highest BCUT2D eigenvalue weighted by Crippen LogP contribution is 2.17. The summed E-state index contributed by atoms with van der Waals surface area (Å²) in [5, 5.41) is 0. The number of nitrogens with zero attached hydrogens (tertiary/aromatic N) is 1. The predicted octanol–water partition coefficient (Wildman–Crippen LogP) is 2.13. The van der Waals surface area contributed by atoms with Crippen LogP contribution in [0.25, 0.3) is 0 Å². The third-order valence-corrected chi connectivity index (χ3v) is 2.55. The molecule has 0 N–H and O–H groups in total. The highest BCUT2D eigenvalue weighted by atomic mass is 15.1. The highest BCUT2D eigenvalue weighted by molar-refractivity contribution is 4.67. The van der Waals surface area contributed by atoms with Crippen molar-refractivity contribution in [3.8, 4) is 0 Å². The Hall–Kier alpha value is -0.0400. The van der Waals surface area contributed by atoms with Crippen LogP contribution in [-0.2, 0) is 0 Å². The second-order valence-corrected chi connectivity index (χ2v) is 3.53. The number of rotatable bonds is 1. The lowest BCUT2D eigenvalue weighted by atomic mass is 10.0. The molecule has 0 bridgehead atoms. The van der Waals surface area contributed by atoms with Crippen molar-refractivity contribution in [1.82, 2.24) is 4.90 Å². The minimum Gasteiger partial charge on any atom is -0.306 e. The van der Waals surface area contributed by atoms with E-state index in [0.29, 0.717) is 0 Å². The number of hydrogen-bond donors (Lipinski definition) is 0. The van der Waals surface area contributed by atoms with E-state index in [-0.39, 0.29) is 0 Å². The van der Waals surface area contributed by atoms with Crippen LogP contribution in [0.2, 0.25) is 0 Å². The molecule has 0 spiro atoms. The van der Waals surface area contributed by atoms with Crippen LogP contribution < -0.4 is 0 Å². The van der Waals surface area contributed by atoms with Crippen molar-refractivity contribution in [1.29, 1.82) is 0 Å². The summed E-state index contributed by atoms with van der Waals surface area (Å²) in [7, 11) is 2.24. The molecule has 0 aliphatic carbocycles. The van der Waals surface area contributed by atoms with Crippen molar-refractivity contribution in [2.24, 2.45) is 5.92 Å². The molecular weight excluding hydrogens is 122 g/mol. The van der Waals surface area contributed by atoms with Gasteiger partial charge in [0.25, 0.3) is 0 Å². The normalized spacial score (nSPS) is 30.0. The molecule has 0 aromatic carbocycles. The molecule has 60 valence electrons. The molecule has 0 amide bonds. The van der Waals surface area contributed by atoms with E-state index >= 15 is 0 Å². The highest BCUT2D eigenvalue weighted by Gasteiger charge is 2.12. The van der Waals surface area contributed by atoms with E-state index in [9.17, 15) is 0 Å². The summed E-state index contributed by atoms with van der Waals surface area (Å²) in [5.41, 5.74) is 0. The summed E-state index contributed by atoms with van der Waals surface area (Å²) in [6.07, 6.45) is 5.68. The Labute approximate surface area is 64.4 Å². The van der Waals surface area contributed by atoms with Crippen molar-refractivity contribution in [2.75, 3.05) is 20.1 Å². The Kier molecular flexibility index (Phi) is 3.20. The molecule has 1 fully saturated rings. The molecule has 0 radical (unpaired) electrons. The van der Waals surface area contributed by atoms with Crippen molar-refractivity contribution < 1.29 is 0 Å². The molecule has 1 aliphatic heterocycles. The molecule has 1 heteroatoms. The SMILES string of the molecule is CCC1CCCCN(C)C1. The molecule has 1 saturated heterocycles. The fourth-order valence-corrected chi connectivity index (χ4v) is 1.77. The van der Waals surface area contributed by atoms with Gasteiger partial charge in [0.05, 0.1) is 0 Å². The Bertz CT molecular complexity index is 90.7. The molecule has 1 heterocycles. The molecule has 1 aliphatic rings. The zero-order valence-electron chi connectivity index (χ0n) is 7.27. The predicted molar refractivity (Wildman–Crippen MR) is 45.1 cm³/mol. The summed E-state index contributed by atoms with van der Waals surface area (Å²) < 4.78 is 0. The van der Waals surface area contributed by atoms with Gasteiger partial charge in [-0.1, -0.05) is 19.8 Å². The van der Waals surface area contributed by atoms with Crippen LogP contribution >= 0.6 is 0 Å². The van der Waals surface area contributed by atoms with Gasteiger partial charge in [0, 0.05) is 6.54 Å². The van der Waals surface area contributed by atoms with Crippen molar-refractivity contribution in [3.63, 3.8) is 0 Å². The third kappa shape index (κ3) is 2.30. The van der Waals surface area contributed by atoms with Crippen LogP contribution in [0.1, 0.15) is 32.6 Å². The summed E-state index contributed by atoms with van der Waals surface area (Å²) in [6, 6.07) is 0. The van der Waals surface area contributed by atoms with E-state index < -0.39 is 0 Å². The van der Waals surface area contributed by atoms with Gasteiger partial charge >= 0.3 is 0 Å². The maximum Gasteiger partial charge on any atom is 0.000650 e. The quantitative estimate of drug-likeness (QED) is 0.540. The Morgan fingerprint density at radius 3 is 2.90 bits per heavy atom. The number of hydrogen-bond acceptors (Lipinski definition) is 1. The summed E-state index contributed by atoms with van der Waals surface area (Å²) in [5.74, 6) is 0.979. The average Bonchev–Trinajstić information content (AvgIpc) is 2.13. The van der Waals surface area contributed by atoms with Crippen LogP contribution in [0.15, 0.2) is 0 Å². The third-order valence-electron chi connectivity index (χ3n) is 2.55. The Morgan fingerprint density at radius 2 is 2.20 bits per heavy atom. The molecule has 10 heavy (non-hydrogen) atoms. The first-order valence-corrected chi connectivity index (χ1v) is 4.51. The summed E-state index contributed by atoms with van der Waals surface area (Å²) in [4.78, 5) is 2.47. The van der Waals surface area contributed by atoms with Gasteiger partial charge in [-0.2, -0.15) is 0 Å². The average molecular weight is 141 g/mol. The lowest BCUT2D eigenvalue weighted by molar-refractivity contribution is 0.295. The van der Waals surface area contributed by atoms with Gasteiger partial charge in [-0.3, -0.25) is 0 Å². The second-order valence-electron chi connectivity index (χ2n) is 3.53. The van der Waals surface area contributed by atoms with Gasteiger partial charge in [0.2, 0.25) is 0 Å². The van der Waals surface area contributed by atoms with Crippen LogP contribution in [-0.4, -0.2) is 25.0 Å². The van der Waals surface area contributed by atoms with E-state index in [1.165, 1.54) is 38.8 Å². The summed E-state index contributed by atoms with van der Waals surface area (Å²) in [6.45, 7) is 4.96. The van der Waals surface area contributed by atoms with Crippen LogP contribution in [0.3, 0.4) is 0 Å². The minimum atomic E-state index is 0.979. The fraction of sp³-hybridized carbons (Fsp3) is 1.00. The topological polar surface area (TPSA) is 3.24 Å². The Balaban J connectivity index is 2.30. The summed E-state index contributed by atoms with van der Waals surface area (Å²) >= 11 is 0. The van der Waals surface area contributed by atoms with Gasteiger partial charge in [-0.15, -0.1) is 0 Å². The van der Waals surface area contributed by atoms with Crippen LogP contribution in [0.5, 0.6) is 0 Å². The second kappa shape index (κ2) is 3.97. The van der Waals surface area contributed by atoms with Gasteiger partial charge in [-0.05, 0) is 32.4 Å². The molecule has 1 rings (SSSR count). The lowest BCUT2D eigenvalue weighted by Gasteiger charge is -2.17. The minimum absolute atomic E-state index is 0.979. The van der Waals surface area contributed by atoms with E-state index in [0.717, 1.165) is 5.92 Å². The van der Waals surface area contributed by atoms with Crippen molar-refractivity contribution in [2.45, 2.75) is 32.6 Å². The first-order chi connectivity index (χ1) is 4.83. The van der Waals surface area contributed by atoms with Gasteiger partial charge < -0.3 is 4.90 Å². The molecule has 1 nitrogen and oxygen atoms in total. The standard InChI is InChI=1S/C9H19N/c1-3-9-6-4-5-7-10(2)8-9/h9H,3-8H2,1-2H3. The van der Waals surface area contributed by atoms with Gasteiger partial charge in [-0.25, -0.2) is 0 Å². The molecule has 1 unspecified atom stereocenters. The number of likely N-dealkylation sites (tertiary alicyclic amines) is 1. The fourth-order valence-electron chi connectivity index (χ4n) is 1.77. The maximum atomic E-state index is 2.47. The zero-order chi connectivity index (χ0) is 7.40. The first-order valence-electron chi connectivity index (χ1n) is 4.51. The van der Waals surface area contributed by atoms with Gasteiger partial charge in [0.1, 0.15) is 0 Å². The van der Waals surface area contributed by atoms with Gasteiger partial charge in [0.15, 0.2) is 0 Å². The molecule has 0 aromatic rings. The van der Waals surface area contributed by atoms with E-state index in [2.05, 4.69) is 18.9 Å². The maximum absolute atomic E-state index is 2.47. The van der Waals surface area contributed by atoms with Crippen molar-refractivity contribution >= 4 is 0 Å². The molecule has 0 aromatic heterocycles. The van der Waals surface area contributed by atoms with E-state index in [4.69, 9.17) is 0 Å². The van der Waals surface area contributed by atoms with E-state index in [1.807, 2.05) is 0 Å². The monoisotopic (exact) mass is 141 g/mol. The molecule has 0 saturated carbocycles.